The molecule has 1 unspecified atom stereocenters. The van der Waals surface area contributed by atoms with Gasteiger partial charge in [-0.1, -0.05) is 41.4 Å². The van der Waals surface area contributed by atoms with Crippen molar-refractivity contribution in [2.24, 2.45) is 0 Å². The average Bonchev–Trinajstić information content (AvgIpc) is 2.84. The number of para-hydroxylation sites is 1. The molecule has 3 aromatic carbocycles. The third kappa shape index (κ3) is 6.02. The van der Waals surface area contributed by atoms with Crippen LogP contribution in [0.4, 0.5) is 0 Å². The molecule has 3 aromatic rings. The van der Waals surface area contributed by atoms with E-state index in [1.54, 1.807) is 62.6 Å². The van der Waals surface area contributed by atoms with Gasteiger partial charge >= 0.3 is 5.97 Å². The molecule has 8 heteroatoms. The quantitative estimate of drug-likeness (QED) is 0.154. The van der Waals surface area contributed by atoms with E-state index in [9.17, 15) is 10.1 Å². The Labute approximate surface area is 207 Å². The van der Waals surface area contributed by atoms with Crippen LogP contribution in [0.5, 0.6) is 23.0 Å². The Morgan fingerprint density at radius 2 is 1.65 bits per heavy atom. The van der Waals surface area contributed by atoms with Crippen LogP contribution in [0.3, 0.4) is 0 Å². The molecule has 0 aliphatic rings. The van der Waals surface area contributed by atoms with Crippen LogP contribution in [0.2, 0.25) is 10.0 Å². The van der Waals surface area contributed by atoms with Crippen LogP contribution < -0.4 is 18.9 Å². The van der Waals surface area contributed by atoms with Gasteiger partial charge in [0.2, 0.25) is 0 Å². The first-order valence-electron chi connectivity index (χ1n) is 10.1. The number of nitrogens with zero attached hydrogens (tertiary/aromatic N) is 1. The largest absolute Gasteiger partial charge is 0.496 e. The first-order valence-corrected chi connectivity index (χ1v) is 10.9. The van der Waals surface area contributed by atoms with E-state index in [1.807, 2.05) is 12.1 Å². The highest BCUT2D eigenvalue weighted by molar-refractivity contribution is 6.35. The number of carbonyl (C=O) groups excluding carboxylic acids is 1. The zero-order valence-electron chi connectivity index (χ0n) is 18.7. The second-order valence-corrected chi connectivity index (χ2v) is 7.88. The molecule has 0 aliphatic carbocycles. The van der Waals surface area contributed by atoms with Gasteiger partial charge in [0.05, 0.1) is 30.9 Å². The molecular formula is C26H21Cl2NO5. The molecule has 0 fully saturated rings. The molecule has 174 valence electrons. The highest BCUT2D eigenvalue weighted by Crippen LogP contribution is 2.33. The van der Waals surface area contributed by atoms with Crippen molar-refractivity contribution in [3.63, 3.8) is 0 Å². The van der Waals surface area contributed by atoms with Crippen LogP contribution in [0.1, 0.15) is 18.1 Å². The number of halogens is 2. The predicted octanol–water partition coefficient (Wildman–Crippen LogP) is 6.45. The van der Waals surface area contributed by atoms with E-state index in [4.69, 9.17) is 42.1 Å². The Balaban J connectivity index is 1.80. The summed E-state index contributed by atoms with van der Waals surface area (Å²) >= 11 is 12.0. The lowest BCUT2D eigenvalue weighted by atomic mass is 10.0. The number of benzene rings is 3. The summed E-state index contributed by atoms with van der Waals surface area (Å²) in [5.74, 6) is 0.777. The molecule has 6 nitrogen and oxygen atoms in total. The fourth-order valence-electron chi connectivity index (χ4n) is 3.06. The molecule has 0 aromatic heterocycles. The van der Waals surface area contributed by atoms with E-state index in [-0.39, 0.29) is 10.8 Å². The Morgan fingerprint density at radius 1 is 0.941 bits per heavy atom. The summed E-state index contributed by atoms with van der Waals surface area (Å²) in [5, 5.41) is 10.4. The highest BCUT2D eigenvalue weighted by atomic mass is 35.5. The van der Waals surface area contributed by atoms with Crippen LogP contribution in [-0.4, -0.2) is 26.3 Å². The lowest BCUT2D eigenvalue weighted by Gasteiger charge is -2.16. The number of carbonyl (C=O) groups is 1. The molecule has 0 N–H and O–H groups in total. The minimum Gasteiger partial charge on any atom is -0.496 e. The van der Waals surface area contributed by atoms with Crippen molar-refractivity contribution < 1.29 is 23.7 Å². The van der Waals surface area contributed by atoms with E-state index >= 15 is 0 Å². The fraction of sp³-hybridized carbons (Fsp3) is 0.154. The van der Waals surface area contributed by atoms with Crippen LogP contribution in [0, 0.1) is 11.3 Å². The fourth-order valence-corrected chi connectivity index (χ4v) is 3.52. The minimum absolute atomic E-state index is 0.207. The van der Waals surface area contributed by atoms with Crippen molar-refractivity contribution in [3.8, 4) is 29.1 Å². The lowest BCUT2D eigenvalue weighted by Crippen LogP contribution is -2.28. The molecule has 34 heavy (non-hydrogen) atoms. The smallest absolute Gasteiger partial charge is 0.352 e. The first kappa shape index (κ1) is 25.0. The molecule has 0 heterocycles. The SMILES string of the molecule is COc1cc(/C=C(/C#N)c2ccccc2OC)ccc1OC(=O)C(C)Oc1ccc(Cl)cc1Cl. The number of rotatable bonds is 8. The number of allylic oxidation sites excluding steroid dienone is 1. The third-order valence-electron chi connectivity index (χ3n) is 4.76. The normalized spacial score (nSPS) is 11.8. The summed E-state index contributed by atoms with van der Waals surface area (Å²) in [5.41, 5.74) is 1.75. The number of methoxy groups -OCH3 is 2. The van der Waals surface area contributed by atoms with Gasteiger partial charge in [0.1, 0.15) is 11.5 Å². The molecule has 1 atom stereocenters. The van der Waals surface area contributed by atoms with Crippen molar-refractivity contribution in [1.82, 2.24) is 0 Å². The Morgan fingerprint density at radius 3 is 2.32 bits per heavy atom. The van der Waals surface area contributed by atoms with Gasteiger partial charge in [0.25, 0.3) is 0 Å². The van der Waals surface area contributed by atoms with E-state index in [0.717, 1.165) is 0 Å². The molecule has 0 bridgehead atoms. The van der Waals surface area contributed by atoms with Gasteiger partial charge in [-0.3, -0.25) is 0 Å². The van der Waals surface area contributed by atoms with Crippen LogP contribution in [-0.2, 0) is 4.79 Å². The monoisotopic (exact) mass is 497 g/mol. The van der Waals surface area contributed by atoms with Gasteiger partial charge in [-0.15, -0.1) is 0 Å². The standard InChI is InChI=1S/C26H21Cl2NO5/c1-16(33-23-11-9-19(27)14-21(23)28)26(30)34-24-10-8-17(13-25(24)32-3)12-18(15-29)20-6-4-5-7-22(20)31-2/h4-14,16H,1-3H3/b18-12-. The molecule has 0 amide bonds. The highest BCUT2D eigenvalue weighted by Gasteiger charge is 2.20. The van der Waals surface area contributed by atoms with Gasteiger partial charge in [0, 0.05) is 10.6 Å². The zero-order valence-corrected chi connectivity index (χ0v) is 20.2. The van der Waals surface area contributed by atoms with Crippen molar-refractivity contribution in [3.05, 3.63) is 81.8 Å². The van der Waals surface area contributed by atoms with Gasteiger partial charge in [-0.25, -0.2) is 4.79 Å². The van der Waals surface area contributed by atoms with Gasteiger partial charge < -0.3 is 18.9 Å². The number of esters is 1. The molecule has 0 saturated carbocycles. The van der Waals surface area contributed by atoms with Crippen molar-refractivity contribution in [2.45, 2.75) is 13.0 Å². The van der Waals surface area contributed by atoms with E-state index < -0.39 is 12.1 Å². The molecular weight excluding hydrogens is 477 g/mol. The average molecular weight is 498 g/mol. The second kappa shape index (κ2) is 11.5. The number of ether oxygens (including phenoxy) is 4. The lowest BCUT2D eigenvalue weighted by molar-refractivity contribution is -0.141. The van der Waals surface area contributed by atoms with Crippen LogP contribution in [0.15, 0.2) is 60.7 Å². The first-order chi connectivity index (χ1) is 16.4. The third-order valence-corrected chi connectivity index (χ3v) is 5.29. The van der Waals surface area contributed by atoms with Crippen LogP contribution >= 0.6 is 23.2 Å². The molecule has 0 spiro atoms. The minimum atomic E-state index is -0.946. The summed E-state index contributed by atoms with van der Waals surface area (Å²) in [4.78, 5) is 12.6. The topological polar surface area (TPSA) is 77.8 Å². The summed E-state index contributed by atoms with van der Waals surface area (Å²) in [6.07, 6.45) is 0.749. The number of hydrogen-bond acceptors (Lipinski definition) is 6. The zero-order chi connectivity index (χ0) is 24.7. The molecule has 0 radical (unpaired) electrons. The Kier molecular flexibility index (Phi) is 8.42. The van der Waals surface area contributed by atoms with E-state index in [0.29, 0.717) is 39.0 Å². The van der Waals surface area contributed by atoms with Crippen molar-refractivity contribution >= 4 is 40.8 Å². The van der Waals surface area contributed by atoms with E-state index in [1.165, 1.54) is 13.2 Å². The van der Waals surface area contributed by atoms with Gasteiger partial charge in [-0.2, -0.15) is 5.26 Å². The summed E-state index contributed by atoms with van der Waals surface area (Å²) in [7, 11) is 3.00. The van der Waals surface area contributed by atoms with Crippen molar-refractivity contribution in [1.29, 1.82) is 5.26 Å². The van der Waals surface area contributed by atoms with Crippen LogP contribution in [0.25, 0.3) is 11.6 Å². The summed E-state index contributed by atoms with van der Waals surface area (Å²) in [6.45, 7) is 1.54. The number of nitriles is 1. The Bertz CT molecular complexity index is 1270. The van der Waals surface area contributed by atoms with Gasteiger partial charge in [-0.05, 0) is 61.0 Å². The Hall–Kier alpha value is -3.66. The molecule has 3 rings (SSSR count). The predicted molar refractivity (Wildman–Crippen MR) is 132 cm³/mol. The van der Waals surface area contributed by atoms with Crippen molar-refractivity contribution in [2.75, 3.05) is 14.2 Å². The van der Waals surface area contributed by atoms with Gasteiger partial charge in [0.15, 0.2) is 17.6 Å². The summed E-state index contributed by atoms with van der Waals surface area (Å²) < 4.78 is 21.8. The maximum absolute atomic E-state index is 12.6. The maximum atomic E-state index is 12.6. The maximum Gasteiger partial charge on any atom is 0.352 e. The number of hydrogen-bond donors (Lipinski definition) is 0. The van der Waals surface area contributed by atoms with E-state index in [2.05, 4.69) is 6.07 Å². The molecule has 0 saturated heterocycles. The second-order valence-electron chi connectivity index (χ2n) is 7.04. The molecule has 0 aliphatic heterocycles. The summed E-state index contributed by atoms with van der Waals surface area (Å²) in [6, 6.07) is 19.1.